The maximum atomic E-state index is 12.5. The molecule has 284 valence electrons. The van der Waals surface area contributed by atoms with Gasteiger partial charge in [-0.25, -0.2) is 0 Å². The Hall–Kier alpha value is -5.30. The van der Waals surface area contributed by atoms with Crippen molar-refractivity contribution in [1.29, 1.82) is 10.5 Å². The standard InChI is InChI=1S/C32H26N2O16S4/c33-1-3-49-31-21-5-17-9-25(51(37,38)39)11-19(29(17)35)7-23-15-28(54(46,47)48)16-24(32(23)50-4-2-34)8-20-12-26(52(40,41)42)10-18(30(20)36)6-22(31)14-27(13-21)53(43,44)45/h9-16,35-36H,3-8H2,(H,37,38,39)(H,40,41,42)(H,43,44,45)(H,46,47,48). The van der Waals surface area contributed by atoms with E-state index in [0.29, 0.717) is 0 Å². The highest BCUT2D eigenvalue weighted by atomic mass is 32.2. The molecule has 18 nitrogen and oxygen atoms in total. The largest absolute Gasteiger partial charge is 0.507 e. The van der Waals surface area contributed by atoms with Crippen molar-refractivity contribution >= 4 is 40.5 Å². The van der Waals surface area contributed by atoms with E-state index in [4.69, 9.17) is 9.47 Å². The van der Waals surface area contributed by atoms with Crippen molar-refractivity contribution in [1.82, 2.24) is 0 Å². The fraction of sp³-hybridized carbons (Fsp3) is 0.188. The zero-order valence-electron chi connectivity index (χ0n) is 27.2. The van der Waals surface area contributed by atoms with Crippen LogP contribution in [-0.4, -0.2) is 75.3 Å². The fourth-order valence-corrected chi connectivity index (χ4v) is 8.29. The lowest BCUT2D eigenvalue weighted by atomic mass is 9.91. The molecule has 0 atom stereocenters. The van der Waals surface area contributed by atoms with Gasteiger partial charge in [0.25, 0.3) is 40.5 Å². The van der Waals surface area contributed by atoms with E-state index in [1.54, 1.807) is 12.1 Å². The summed E-state index contributed by atoms with van der Waals surface area (Å²) in [6.07, 6.45) is -2.63. The van der Waals surface area contributed by atoms with E-state index in [0.717, 1.165) is 48.5 Å². The fourth-order valence-electron chi connectivity index (χ4n) is 5.96. The van der Waals surface area contributed by atoms with E-state index in [2.05, 4.69) is 0 Å². The summed E-state index contributed by atoms with van der Waals surface area (Å²) in [5, 5.41) is 41.7. The van der Waals surface area contributed by atoms with Gasteiger partial charge in [-0.1, -0.05) is 0 Å². The number of ether oxygens (including phenoxy) is 2. The van der Waals surface area contributed by atoms with Crippen LogP contribution in [0.2, 0.25) is 0 Å². The average Bonchev–Trinajstić information content (AvgIpc) is 3.04. The molecule has 0 unspecified atom stereocenters. The molecule has 54 heavy (non-hydrogen) atoms. The van der Waals surface area contributed by atoms with E-state index in [9.17, 15) is 72.6 Å². The van der Waals surface area contributed by atoms with Gasteiger partial charge in [-0.15, -0.1) is 0 Å². The minimum Gasteiger partial charge on any atom is -0.507 e. The molecule has 0 saturated carbocycles. The van der Waals surface area contributed by atoms with E-state index < -0.39 is 110 Å². The minimum atomic E-state index is -5.06. The Morgan fingerprint density at radius 1 is 0.444 bits per heavy atom. The summed E-state index contributed by atoms with van der Waals surface area (Å²) in [5.74, 6) is -1.96. The quantitative estimate of drug-likeness (QED) is 0.122. The molecule has 22 heteroatoms. The number of hydrogen-bond donors (Lipinski definition) is 6. The molecule has 5 rings (SSSR count). The highest BCUT2D eigenvalue weighted by molar-refractivity contribution is 7.86. The summed E-state index contributed by atoms with van der Waals surface area (Å²) in [6, 6.07) is 10.1. The molecule has 6 N–H and O–H groups in total. The van der Waals surface area contributed by atoms with Crippen molar-refractivity contribution in [3.63, 3.8) is 0 Å². The van der Waals surface area contributed by atoms with Crippen molar-refractivity contribution in [2.24, 2.45) is 0 Å². The summed E-state index contributed by atoms with van der Waals surface area (Å²) >= 11 is 0. The summed E-state index contributed by atoms with van der Waals surface area (Å²) in [6.45, 7) is -1.38. The Kier molecular flexibility index (Phi) is 10.7. The van der Waals surface area contributed by atoms with Gasteiger partial charge in [0.2, 0.25) is 0 Å². The van der Waals surface area contributed by atoms with Crippen LogP contribution >= 0.6 is 0 Å². The van der Waals surface area contributed by atoms with Gasteiger partial charge in [0.15, 0.2) is 13.2 Å². The van der Waals surface area contributed by atoms with Crippen LogP contribution in [0, 0.1) is 22.7 Å². The van der Waals surface area contributed by atoms with Gasteiger partial charge in [0.05, 0.1) is 19.6 Å². The molecule has 1 aliphatic rings. The molecule has 4 aromatic rings. The zero-order valence-corrected chi connectivity index (χ0v) is 30.4. The van der Waals surface area contributed by atoms with Gasteiger partial charge in [-0.3, -0.25) is 18.2 Å². The van der Waals surface area contributed by atoms with Crippen LogP contribution in [0.3, 0.4) is 0 Å². The maximum absolute atomic E-state index is 12.5. The molecule has 0 amide bonds. The summed E-state index contributed by atoms with van der Waals surface area (Å²) in [4.78, 5) is -3.19. The predicted molar refractivity (Wildman–Crippen MR) is 182 cm³/mol. The molecular weight excluding hydrogens is 797 g/mol. The summed E-state index contributed by atoms with van der Waals surface area (Å²) < 4.78 is 151. The molecule has 0 aromatic heterocycles. The number of fused-ring (bicyclic) bond motifs is 8. The Labute approximate surface area is 308 Å². The lowest BCUT2D eigenvalue weighted by Gasteiger charge is -2.21. The molecule has 8 bridgehead atoms. The minimum absolute atomic E-state index is 0.226. The van der Waals surface area contributed by atoms with Gasteiger partial charge >= 0.3 is 0 Å². The molecule has 0 aliphatic heterocycles. The molecule has 0 fully saturated rings. The van der Waals surface area contributed by atoms with Crippen LogP contribution in [0.15, 0.2) is 68.1 Å². The number of phenols is 2. The lowest BCUT2D eigenvalue weighted by Crippen LogP contribution is -2.11. The van der Waals surface area contributed by atoms with Gasteiger partial charge in [0, 0.05) is 70.2 Å². The number of hydrogen-bond acceptors (Lipinski definition) is 14. The van der Waals surface area contributed by atoms with E-state index in [1.165, 1.54) is 0 Å². The number of benzene rings is 4. The number of nitriles is 2. The second-order valence-corrected chi connectivity index (χ2v) is 17.5. The van der Waals surface area contributed by atoms with Crippen LogP contribution in [-0.2, 0) is 66.2 Å². The van der Waals surface area contributed by atoms with Crippen LogP contribution in [0.1, 0.15) is 44.5 Å². The van der Waals surface area contributed by atoms with E-state index in [1.807, 2.05) is 0 Å². The smallest absolute Gasteiger partial charge is 0.294 e. The Morgan fingerprint density at radius 2 is 0.648 bits per heavy atom. The van der Waals surface area contributed by atoms with Gasteiger partial charge in [-0.2, -0.15) is 44.2 Å². The lowest BCUT2D eigenvalue weighted by molar-refractivity contribution is 0.359. The molecular formula is C32H26N2O16S4. The second-order valence-electron chi connectivity index (χ2n) is 11.8. The first-order valence-electron chi connectivity index (χ1n) is 14.9. The monoisotopic (exact) mass is 822 g/mol. The van der Waals surface area contributed by atoms with Gasteiger partial charge in [-0.05, 0) is 48.5 Å². The van der Waals surface area contributed by atoms with Crippen LogP contribution < -0.4 is 9.47 Å². The Bertz CT molecular complexity index is 2480. The molecule has 4 aromatic carbocycles. The van der Waals surface area contributed by atoms with Crippen molar-refractivity contribution in [2.75, 3.05) is 13.2 Å². The third-order valence-electron chi connectivity index (χ3n) is 8.19. The summed E-state index contributed by atoms with van der Waals surface area (Å²) in [7, 11) is -20.2. The van der Waals surface area contributed by atoms with E-state index >= 15 is 0 Å². The first-order valence-corrected chi connectivity index (χ1v) is 20.7. The van der Waals surface area contributed by atoms with Crippen molar-refractivity contribution in [3.8, 4) is 35.1 Å². The first-order chi connectivity index (χ1) is 25.0. The van der Waals surface area contributed by atoms with E-state index in [-0.39, 0.29) is 56.0 Å². The molecule has 0 heterocycles. The van der Waals surface area contributed by atoms with Crippen molar-refractivity contribution < 1.29 is 71.6 Å². The summed E-state index contributed by atoms with van der Waals surface area (Å²) in [5.41, 5.74) is -2.25. The topological polar surface area (TPSA) is 324 Å². The molecule has 0 saturated heterocycles. The number of aromatic hydroxyl groups is 2. The van der Waals surface area contributed by atoms with Gasteiger partial charge < -0.3 is 19.7 Å². The molecule has 0 radical (unpaired) electrons. The van der Waals surface area contributed by atoms with Gasteiger partial charge in [0.1, 0.15) is 35.1 Å². The first kappa shape index (κ1) is 39.9. The number of rotatable bonds is 8. The maximum Gasteiger partial charge on any atom is 0.294 e. The SMILES string of the molecule is N#CCOc1c2cc(S(=O)(=O)O)cc1Cc1cc(S(=O)(=O)O)cc(c1O)Cc1cc(S(=O)(=O)O)cc(c1OCC#N)Cc1cc(S(=O)(=O)O)cc(c1O)C2. The predicted octanol–water partition coefficient (Wildman–Crippen LogP) is 2.57. The normalized spacial score (nSPS) is 13.4. The average molecular weight is 823 g/mol. The van der Waals surface area contributed by atoms with Crippen LogP contribution in [0.4, 0.5) is 0 Å². The number of nitrogens with zero attached hydrogens (tertiary/aromatic N) is 2. The van der Waals surface area contributed by atoms with Crippen LogP contribution in [0.5, 0.6) is 23.0 Å². The third kappa shape index (κ3) is 8.57. The Balaban J connectivity index is 1.99. The Morgan fingerprint density at radius 3 is 0.833 bits per heavy atom. The molecule has 0 spiro atoms. The second kappa shape index (κ2) is 14.5. The molecule has 1 aliphatic carbocycles. The van der Waals surface area contributed by atoms with Crippen molar-refractivity contribution in [3.05, 3.63) is 93.0 Å². The number of phenolic OH excluding ortho intramolecular Hbond substituents is 2. The third-order valence-corrected chi connectivity index (χ3v) is 11.5. The van der Waals surface area contributed by atoms with Crippen LogP contribution in [0.25, 0.3) is 0 Å². The highest BCUT2D eigenvalue weighted by Crippen LogP contribution is 2.41. The zero-order chi connectivity index (χ0) is 40.0. The van der Waals surface area contributed by atoms with Crippen molar-refractivity contribution in [2.45, 2.75) is 45.3 Å². The highest BCUT2D eigenvalue weighted by Gasteiger charge is 2.28.